The van der Waals surface area contributed by atoms with E-state index in [0.717, 1.165) is 19.3 Å². The van der Waals surface area contributed by atoms with Crippen LogP contribution < -0.4 is 0 Å². The number of rotatable bonds is 2. The van der Waals surface area contributed by atoms with E-state index in [1.165, 1.54) is 0 Å². The van der Waals surface area contributed by atoms with Gasteiger partial charge in [-0.15, -0.1) is 0 Å². The fraction of sp³-hybridized carbons (Fsp3) is 1.00. The molecule has 72 valence electrons. The van der Waals surface area contributed by atoms with Crippen molar-refractivity contribution < 1.29 is 10.2 Å². The van der Waals surface area contributed by atoms with Gasteiger partial charge in [0.2, 0.25) is 0 Å². The molecule has 0 aromatic rings. The molecule has 0 aromatic heterocycles. The minimum atomic E-state index is -0.252. The van der Waals surface area contributed by atoms with Crippen molar-refractivity contribution in [2.24, 2.45) is 5.41 Å². The van der Waals surface area contributed by atoms with Crippen LogP contribution in [-0.2, 0) is 0 Å². The highest BCUT2D eigenvalue weighted by Gasteiger charge is 2.38. The van der Waals surface area contributed by atoms with Crippen molar-refractivity contribution in [3.8, 4) is 0 Å². The number of alkyl halides is 2. The first kappa shape index (κ1) is 11.0. The Labute approximate surface area is 89.6 Å². The van der Waals surface area contributed by atoms with Gasteiger partial charge in [-0.1, -0.05) is 31.9 Å². The number of halogens is 2. The van der Waals surface area contributed by atoms with E-state index in [1.807, 2.05) is 0 Å². The zero-order valence-electron chi connectivity index (χ0n) is 6.84. The lowest BCUT2D eigenvalue weighted by Gasteiger charge is -2.38. The monoisotopic (exact) mass is 300 g/mol. The van der Waals surface area contributed by atoms with Crippen molar-refractivity contribution in [3.05, 3.63) is 0 Å². The summed E-state index contributed by atoms with van der Waals surface area (Å²) in [5, 5.41) is 18.3. The molecule has 0 heterocycles. The summed E-state index contributed by atoms with van der Waals surface area (Å²) in [5.74, 6) is 0. The van der Waals surface area contributed by atoms with Crippen LogP contribution in [0.1, 0.15) is 19.3 Å². The molecule has 0 amide bonds. The van der Waals surface area contributed by atoms with Gasteiger partial charge in [0.1, 0.15) is 0 Å². The molecule has 12 heavy (non-hydrogen) atoms. The molecule has 0 radical (unpaired) electrons. The predicted octanol–water partition coefficient (Wildman–Crippen LogP) is 1.67. The predicted molar refractivity (Wildman–Crippen MR) is 55.9 cm³/mol. The van der Waals surface area contributed by atoms with Crippen molar-refractivity contribution in [1.29, 1.82) is 0 Å². The average molecular weight is 302 g/mol. The second kappa shape index (κ2) is 4.40. The van der Waals surface area contributed by atoms with Crippen LogP contribution in [0.15, 0.2) is 0 Å². The Hall–Kier alpha value is 0.880. The van der Waals surface area contributed by atoms with E-state index in [4.69, 9.17) is 10.2 Å². The van der Waals surface area contributed by atoms with E-state index in [2.05, 4.69) is 31.9 Å². The van der Waals surface area contributed by atoms with Crippen molar-refractivity contribution in [3.63, 3.8) is 0 Å². The van der Waals surface area contributed by atoms with Gasteiger partial charge in [-0.3, -0.25) is 0 Å². The molecule has 0 spiro atoms. The molecular weight excluding hydrogens is 288 g/mol. The summed E-state index contributed by atoms with van der Waals surface area (Å²) in [4.78, 5) is 0.842. The molecule has 1 aliphatic carbocycles. The maximum atomic E-state index is 9.15. The van der Waals surface area contributed by atoms with Crippen molar-refractivity contribution in [2.45, 2.75) is 28.9 Å². The van der Waals surface area contributed by atoms with E-state index in [0.29, 0.717) is 9.65 Å². The normalized spacial score (nSPS) is 35.0. The summed E-state index contributed by atoms with van der Waals surface area (Å²) in [6, 6.07) is 0. The fourth-order valence-corrected chi connectivity index (χ4v) is 2.97. The van der Waals surface area contributed by atoms with Gasteiger partial charge in [-0.25, -0.2) is 0 Å². The summed E-state index contributed by atoms with van der Waals surface area (Å²) >= 11 is 7.10. The minimum Gasteiger partial charge on any atom is -0.396 e. The Morgan fingerprint density at radius 1 is 1.17 bits per heavy atom. The summed E-state index contributed by atoms with van der Waals surface area (Å²) in [6.45, 7) is 0.177. The van der Waals surface area contributed by atoms with Crippen molar-refractivity contribution in [2.75, 3.05) is 13.2 Å². The van der Waals surface area contributed by atoms with Gasteiger partial charge >= 0.3 is 0 Å². The second-order valence-corrected chi connectivity index (χ2v) is 5.94. The zero-order valence-corrected chi connectivity index (χ0v) is 10.0. The Morgan fingerprint density at radius 3 is 2.17 bits per heavy atom. The third-order valence-corrected chi connectivity index (χ3v) is 5.41. The van der Waals surface area contributed by atoms with Gasteiger partial charge < -0.3 is 10.2 Å². The Morgan fingerprint density at radius 2 is 1.75 bits per heavy atom. The first-order chi connectivity index (χ1) is 5.63. The molecule has 2 atom stereocenters. The molecule has 2 N–H and O–H groups in total. The lowest BCUT2D eigenvalue weighted by molar-refractivity contribution is 0.0276. The number of hydrogen-bond acceptors (Lipinski definition) is 2. The van der Waals surface area contributed by atoms with Crippen LogP contribution in [0.3, 0.4) is 0 Å². The average Bonchev–Trinajstić information content (AvgIpc) is 2.10. The van der Waals surface area contributed by atoms with E-state index < -0.39 is 0 Å². The van der Waals surface area contributed by atoms with Crippen LogP contribution in [0.4, 0.5) is 0 Å². The Bertz CT molecular complexity index is 148. The van der Waals surface area contributed by atoms with Crippen LogP contribution in [-0.4, -0.2) is 33.1 Å². The molecule has 2 unspecified atom stereocenters. The molecular formula is C8H14Br2O2. The molecule has 0 bridgehead atoms. The summed E-state index contributed by atoms with van der Waals surface area (Å²) in [5.41, 5.74) is -0.252. The van der Waals surface area contributed by atoms with Gasteiger partial charge in [-0.05, 0) is 19.3 Å². The highest BCUT2D eigenvalue weighted by molar-refractivity contribution is 9.12. The Kier molecular flexibility index (Phi) is 4.02. The summed E-state index contributed by atoms with van der Waals surface area (Å²) < 4.78 is 0. The number of aliphatic hydroxyl groups excluding tert-OH is 2. The zero-order chi connectivity index (χ0) is 9.19. The van der Waals surface area contributed by atoms with Crippen LogP contribution >= 0.6 is 31.9 Å². The van der Waals surface area contributed by atoms with E-state index in [-0.39, 0.29) is 18.6 Å². The smallest absolute Gasteiger partial charge is 0.0509 e. The lowest BCUT2D eigenvalue weighted by atomic mass is 9.75. The fourth-order valence-electron chi connectivity index (χ4n) is 1.61. The van der Waals surface area contributed by atoms with Gasteiger partial charge in [0.15, 0.2) is 0 Å². The minimum absolute atomic E-state index is 0.0886. The SMILES string of the molecule is OCC1(CO)CCC(Br)C(Br)C1. The van der Waals surface area contributed by atoms with Crippen molar-refractivity contribution >= 4 is 31.9 Å². The Balaban J connectivity index is 2.58. The molecule has 1 aliphatic rings. The molecule has 2 nitrogen and oxygen atoms in total. The molecule has 1 fully saturated rings. The molecule has 1 saturated carbocycles. The largest absolute Gasteiger partial charge is 0.396 e. The van der Waals surface area contributed by atoms with Crippen LogP contribution in [0, 0.1) is 5.41 Å². The highest BCUT2D eigenvalue weighted by atomic mass is 79.9. The molecule has 0 aromatic carbocycles. The first-order valence-electron chi connectivity index (χ1n) is 4.13. The molecule has 0 saturated heterocycles. The van der Waals surface area contributed by atoms with Crippen LogP contribution in [0.5, 0.6) is 0 Å². The summed E-state index contributed by atoms with van der Waals surface area (Å²) in [7, 11) is 0. The van der Waals surface area contributed by atoms with Gasteiger partial charge in [0.05, 0.1) is 13.2 Å². The third-order valence-electron chi connectivity index (χ3n) is 2.64. The van der Waals surface area contributed by atoms with Gasteiger partial charge in [0, 0.05) is 15.1 Å². The van der Waals surface area contributed by atoms with E-state index in [1.54, 1.807) is 0 Å². The van der Waals surface area contributed by atoms with Crippen molar-refractivity contribution in [1.82, 2.24) is 0 Å². The topological polar surface area (TPSA) is 40.5 Å². The lowest BCUT2D eigenvalue weighted by Crippen LogP contribution is -2.39. The second-order valence-electron chi connectivity index (χ2n) is 3.59. The van der Waals surface area contributed by atoms with Gasteiger partial charge in [-0.2, -0.15) is 0 Å². The maximum Gasteiger partial charge on any atom is 0.0509 e. The first-order valence-corrected chi connectivity index (χ1v) is 5.96. The highest BCUT2D eigenvalue weighted by Crippen LogP contribution is 2.41. The van der Waals surface area contributed by atoms with E-state index >= 15 is 0 Å². The maximum absolute atomic E-state index is 9.15. The van der Waals surface area contributed by atoms with E-state index in [9.17, 15) is 0 Å². The number of aliphatic hydroxyl groups is 2. The standard InChI is InChI=1S/C8H14Br2O2/c9-6-1-2-8(4-11,5-12)3-7(6)10/h6-7,11-12H,1-5H2. The quantitative estimate of drug-likeness (QED) is 0.762. The molecule has 1 rings (SSSR count). The van der Waals surface area contributed by atoms with Gasteiger partial charge in [0.25, 0.3) is 0 Å². The van der Waals surface area contributed by atoms with Crippen LogP contribution in [0.25, 0.3) is 0 Å². The third kappa shape index (κ3) is 2.22. The molecule has 4 heteroatoms. The summed E-state index contributed by atoms with van der Waals surface area (Å²) in [6.07, 6.45) is 2.75. The van der Waals surface area contributed by atoms with Crippen LogP contribution in [0.2, 0.25) is 0 Å². The molecule has 0 aliphatic heterocycles. The number of hydrogen-bond donors (Lipinski definition) is 2.